The Labute approximate surface area is 142 Å². The maximum absolute atomic E-state index is 12.9. The van der Waals surface area contributed by atoms with Crippen molar-refractivity contribution in [3.63, 3.8) is 0 Å². The number of rotatable bonds is 3. The van der Waals surface area contributed by atoms with Gasteiger partial charge in [0.25, 0.3) is 0 Å². The topological polar surface area (TPSA) is 58.4 Å². The standard InChI is InChI=1S/C19H23N3O2/c1-13-17(21-19(24-13)14-5-3-2-4-6-14)11-18(23)22-15-7-8-16(22)12-20-10-9-15/h2-6,15-16,20H,7-12H2,1H3. The van der Waals surface area contributed by atoms with E-state index in [1.165, 1.54) is 0 Å². The molecule has 24 heavy (non-hydrogen) atoms. The third kappa shape index (κ3) is 2.84. The van der Waals surface area contributed by atoms with Gasteiger partial charge in [0.05, 0.1) is 12.1 Å². The molecule has 0 radical (unpaired) electrons. The summed E-state index contributed by atoms with van der Waals surface area (Å²) in [5.74, 6) is 1.51. The molecular weight excluding hydrogens is 302 g/mol. The summed E-state index contributed by atoms with van der Waals surface area (Å²) in [7, 11) is 0. The zero-order valence-electron chi connectivity index (χ0n) is 14.0. The van der Waals surface area contributed by atoms with E-state index in [0.29, 0.717) is 24.4 Å². The summed E-state index contributed by atoms with van der Waals surface area (Å²) >= 11 is 0. The smallest absolute Gasteiger partial charge is 0.229 e. The van der Waals surface area contributed by atoms with Crippen LogP contribution in [0, 0.1) is 6.92 Å². The first-order chi connectivity index (χ1) is 11.7. The monoisotopic (exact) mass is 325 g/mol. The molecular formula is C19H23N3O2. The number of aryl methyl sites for hydroxylation is 1. The van der Waals surface area contributed by atoms with Gasteiger partial charge in [-0.3, -0.25) is 4.79 Å². The van der Waals surface area contributed by atoms with Crippen molar-refractivity contribution in [2.75, 3.05) is 13.1 Å². The summed E-state index contributed by atoms with van der Waals surface area (Å²) in [5, 5.41) is 3.44. The van der Waals surface area contributed by atoms with Gasteiger partial charge in [-0.25, -0.2) is 4.98 Å². The lowest BCUT2D eigenvalue weighted by Crippen LogP contribution is -2.43. The average Bonchev–Trinajstić information content (AvgIpc) is 3.07. The van der Waals surface area contributed by atoms with Gasteiger partial charge in [-0.2, -0.15) is 0 Å². The third-order valence-electron chi connectivity index (χ3n) is 5.17. The first kappa shape index (κ1) is 15.4. The fourth-order valence-corrected chi connectivity index (χ4v) is 3.92. The van der Waals surface area contributed by atoms with Gasteiger partial charge in [0.15, 0.2) is 0 Å². The number of fused-ring (bicyclic) bond motifs is 2. The van der Waals surface area contributed by atoms with Crippen molar-refractivity contribution in [2.24, 2.45) is 0 Å². The molecule has 3 heterocycles. The van der Waals surface area contributed by atoms with Crippen molar-refractivity contribution in [3.05, 3.63) is 41.8 Å². The van der Waals surface area contributed by atoms with Crippen LogP contribution in [0.1, 0.15) is 30.7 Å². The van der Waals surface area contributed by atoms with E-state index in [9.17, 15) is 4.79 Å². The summed E-state index contributed by atoms with van der Waals surface area (Å²) < 4.78 is 5.79. The van der Waals surface area contributed by atoms with E-state index in [4.69, 9.17) is 4.42 Å². The highest BCUT2D eigenvalue weighted by Crippen LogP contribution is 2.29. The highest BCUT2D eigenvalue weighted by Gasteiger charge is 2.38. The molecule has 0 aliphatic carbocycles. The van der Waals surface area contributed by atoms with Crippen LogP contribution >= 0.6 is 0 Å². The van der Waals surface area contributed by atoms with Gasteiger partial charge >= 0.3 is 0 Å². The maximum atomic E-state index is 12.9. The van der Waals surface area contributed by atoms with E-state index in [0.717, 1.165) is 49.4 Å². The molecule has 1 aromatic carbocycles. The molecule has 5 heteroatoms. The van der Waals surface area contributed by atoms with Crippen LogP contribution in [-0.4, -0.2) is 41.0 Å². The number of nitrogens with one attached hydrogen (secondary N) is 1. The Morgan fingerprint density at radius 3 is 2.88 bits per heavy atom. The van der Waals surface area contributed by atoms with Crippen molar-refractivity contribution in [1.29, 1.82) is 0 Å². The molecule has 2 atom stereocenters. The molecule has 2 aliphatic rings. The van der Waals surface area contributed by atoms with Crippen LogP contribution < -0.4 is 5.32 Å². The van der Waals surface area contributed by atoms with Gasteiger partial charge in [0.2, 0.25) is 11.8 Å². The summed E-state index contributed by atoms with van der Waals surface area (Å²) in [4.78, 5) is 19.6. The number of nitrogens with zero attached hydrogens (tertiary/aromatic N) is 2. The summed E-state index contributed by atoms with van der Waals surface area (Å²) in [6, 6.07) is 10.6. The number of oxazole rings is 1. The van der Waals surface area contributed by atoms with Crippen LogP contribution in [0.2, 0.25) is 0 Å². The number of carbonyl (C=O) groups is 1. The second-order valence-electron chi connectivity index (χ2n) is 6.74. The zero-order valence-corrected chi connectivity index (χ0v) is 14.0. The van der Waals surface area contributed by atoms with Crippen LogP contribution in [0.15, 0.2) is 34.7 Å². The second-order valence-corrected chi connectivity index (χ2v) is 6.74. The number of hydrogen-bond acceptors (Lipinski definition) is 4. The van der Waals surface area contributed by atoms with Gasteiger partial charge in [-0.15, -0.1) is 0 Å². The molecule has 2 fully saturated rings. The summed E-state index contributed by atoms with van der Waals surface area (Å²) in [6.45, 7) is 3.81. The van der Waals surface area contributed by atoms with Gasteiger partial charge in [-0.05, 0) is 44.9 Å². The van der Waals surface area contributed by atoms with Crippen molar-refractivity contribution in [3.8, 4) is 11.5 Å². The second kappa shape index (κ2) is 6.40. The van der Waals surface area contributed by atoms with Crippen LogP contribution in [0.4, 0.5) is 0 Å². The number of amides is 1. The lowest BCUT2D eigenvalue weighted by molar-refractivity contribution is -0.133. The fourth-order valence-electron chi connectivity index (χ4n) is 3.92. The van der Waals surface area contributed by atoms with Crippen molar-refractivity contribution >= 4 is 5.91 Å². The molecule has 2 aliphatic heterocycles. The number of benzene rings is 1. The fraction of sp³-hybridized carbons (Fsp3) is 0.474. The summed E-state index contributed by atoms with van der Waals surface area (Å²) in [6.07, 6.45) is 3.62. The van der Waals surface area contributed by atoms with Crippen molar-refractivity contribution in [2.45, 2.75) is 44.7 Å². The Kier molecular flexibility index (Phi) is 4.10. The Morgan fingerprint density at radius 2 is 2.04 bits per heavy atom. The molecule has 1 amide bonds. The van der Waals surface area contributed by atoms with Gasteiger partial charge in [0, 0.05) is 24.2 Å². The highest BCUT2D eigenvalue weighted by molar-refractivity contribution is 5.79. The van der Waals surface area contributed by atoms with Crippen LogP contribution in [0.5, 0.6) is 0 Å². The molecule has 5 nitrogen and oxygen atoms in total. The first-order valence-electron chi connectivity index (χ1n) is 8.76. The van der Waals surface area contributed by atoms with Crippen molar-refractivity contribution in [1.82, 2.24) is 15.2 Å². The van der Waals surface area contributed by atoms with E-state index in [1.807, 2.05) is 37.3 Å². The molecule has 1 N–H and O–H groups in total. The van der Waals surface area contributed by atoms with Crippen LogP contribution in [0.25, 0.3) is 11.5 Å². The minimum atomic E-state index is 0.183. The van der Waals surface area contributed by atoms with Gasteiger partial charge < -0.3 is 14.6 Å². The number of hydrogen-bond donors (Lipinski definition) is 1. The molecule has 0 saturated carbocycles. The molecule has 4 rings (SSSR count). The summed E-state index contributed by atoms with van der Waals surface area (Å²) in [5.41, 5.74) is 1.70. The molecule has 1 aromatic heterocycles. The first-order valence-corrected chi connectivity index (χ1v) is 8.76. The third-order valence-corrected chi connectivity index (χ3v) is 5.17. The average molecular weight is 325 g/mol. The lowest BCUT2D eigenvalue weighted by atomic mass is 10.1. The lowest BCUT2D eigenvalue weighted by Gasteiger charge is -2.27. The molecule has 2 unspecified atom stereocenters. The quantitative estimate of drug-likeness (QED) is 0.942. The predicted molar refractivity (Wildman–Crippen MR) is 91.5 cm³/mol. The minimum Gasteiger partial charge on any atom is -0.441 e. The SMILES string of the molecule is Cc1oc(-c2ccccc2)nc1CC(=O)N1C2CCNCC1CC2. The van der Waals surface area contributed by atoms with Crippen molar-refractivity contribution < 1.29 is 9.21 Å². The van der Waals surface area contributed by atoms with E-state index in [-0.39, 0.29) is 5.91 Å². The number of aromatic nitrogens is 1. The Morgan fingerprint density at radius 1 is 1.25 bits per heavy atom. The molecule has 2 aromatic rings. The molecule has 2 saturated heterocycles. The highest BCUT2D eigenvalue weighted by atomic mass is 16.4. The predicted octanol–water partition coefficient (Wildman–Crippen LogP) is 2.55. The minimum absolute atomic E-state index is 0.183. The molecule has 0 spiro atoms. The normalized spacial score (nSPS) is 23.3. The van der Waals surface area contributed by atoms with Gasteiger partial charge in [0.1, 0.15) is 5.76 Å². The Hall–Kier alpha value is -2.14. The molecule has 126 valence electrons. The van der Waals surface area contributed by atoms with Gasteiger partial charge in [-0.1, -0.05) is 18.2 Å². The Bertz CT molecular complexity index is 711. The van der Waals surface area contributed by atoms with Crippen LogP contribution in [-0.2, 0) is 11.2 Å². The molecule has 2 bridgehead atoms. The number of carbonyl (C=O) groups excluding carboxylic acids is 1. The zero-order chi connectivity index (χ0) is 16.5. The Balaban J connectivity index is 1.53. The van der Waals surface area contributed by atoms with E-state index >= 15 is 0 Å². The maximum Gasteiger partial charge on any atom is 0.229 e. The van der Waals surface area contributed by atoms with E-state index in [2.05, 4.69) is 15.2 Å². The largest absolute Gasteiger partial charge is 0.441 e. The van der Waals surface area contributed by atoms with Crippen LogP contribution in [0.3, 0.4) is 0 Å². The van der Waals surface area contributed by atoms with E-state index < -0.39 is 0 Å². The van der Waals surface area contributed by atoms with E-state index in [1.54, 1.807) is 0 Å².